The van der Waals surface area contributed by atoms with Gasteiger partial charge in [0, 0.05) is 21.7 Å². The van der Waals surface area contributed by atoms with E-state index in [1.807, 2.05) is 0 Å². The quantitative estimate of drug-likeness (QED) is 0.521. The molecule has 7 heteroatoms. The summed E-state index contributed by atoms with van der Waals surface area (Å²) < 4.78 is 45.4. The molecule has 0 saturated heterocycles. The highest BCUT2D eigenvalue weighted by Crippen LogP contribution is 2.47. The van der Waals surface area contributed by atoms with Gasteiger partial charge in [0.2, 0.25) is 0 Å². The van der Waals surface area contributed by atoms with Crippen LogP contribution in [0.5, 0.6) is 0 Å². The van der Waals surface area contributed by atoms with Gasteiger partial charge in [0.05, 0.1) is 11.0 Å². The summed E-state index contributed by atoms with van der Waals surface area (Å²) in [4.78, 5) is 8.59. The highest BCUT2D eigenvalue weighted by atomic mass is 35.5. The number of aliphatic imine (C=N–C) groups is 1. The Bertz CT molecular complexity index is 1080. The average Bonchev–Trinajstić information content (AvgIpc) is 2.99. The highest BCUT2D eigenvalue weighted by Gasteiger charge is 2.53. The third-order valence-corrected chi connectivity index (χ3v) is 5.08. The molecule has 0 bridgehead atoms. The number of hydrogen-bond acceptors (Lipinski definition) is 2. The number of fused-ring (bicyclic) bond motifs is 2. The second-order valence-corrected chi connectivity index (χ2v) is 7.35. The monoisotopic (exact) mass is 377 g/mol. The van der Waals surface area contributed by atoms with Crippen molar-refractivity contribution < 1.29 is 13.2 Å². The second-order valence-electron chi connectivity index (χ2n) is 6.91. The summed E-state index contributed by atoms with van der Waals surface area (Å²) in [6.45, 7) is 4.38. The Hall–Kier alpha value is -2.34. The van der Waals surface area contributed by atoms with E-state index < -0.39 is 11.5 Å². The van der Waals surface area contributed by atoms with Crippen LogP contribution in [-0.2, 0) is 5.92 Å². The van der Waals surface area contributed by atoms with Crippen molar-refractivity contribution >= 4 is 28.5 Å². The molecule has 0 radical (unpaired) electrons. The number of halogens is 4. The average molecular weight is 378 g/mol. The molecule has 1 aliphatic heterocycles. The molecular weight excluding hydrogens is 363 g/mol. The molecule has 1 aromatic heterocycles. The zero-order chi connectivity index (χ0) is 18.9. The van der Waals surface area contributed by atoms with E-state index in [1.165, 1.54) is 38.4 Å². The first kappa shape index (κ1) is 17.1. The Balaban J connectivity index is 2.04. The number of alkyl halides is 2. The topological polar surface area (TPSA) is 30.2 Å². The Morgan fingerprint density at radius 2 is 1.85 bits per heavy atom. The predicted octanol–water partition coefficient (Wildman–Crippen LogP) is 5.32. The fourth-order valence-electron chi connectivity index (χ4n) is 3.24. The minimum absolute atomic E-state index is 0.180. The zero-order valence-electron chi connectivity index (χ0n) is 14.3. The fourth-order valence-corrected chi connectivity index (χ4v) is 3.42. The summed E-state index contributed by atoms with van der Waals surface area (Å²) >= 11 is 5.97. The molecule has 4 rings (SSSR count). The second kappa shape index (κ2) is 5.33. The van der Waals surface area contributed by atoms with Crippen LogP contribution in [-0.4, -0.2) is 20.9 Å². The van der Waals surface area contributed by atoms with Gasteiger partial charge in [-0.25, -0.2) is 9.37 Å². The van der Waals surface area contributed by atoms with Gasteiger partial charge < -0.3 is 0 Å². The van der Waals surface area contributed by atoms with Gasteiger partial charge in [0.1, 0.15) is 23.5 Å². The molecule has 0 saturated carbocycles. The van der Waals surface area contributed by atoms with Crippen molar-refractivity contribution in [2.24, 2.45) is 4.99 Å². The number of nitrogens with zero attached hydrogens (tertiary/aromatic N) is 3. The molecule has 0 fully saturated rings. The first-order chi connectivity index (χ1) is 12.1. The summed E-state index contributed by atoms with van der Waals surface area (Å²) in [5.74, 6) is -3.22. The Morgan fingerprint density at radius 1 is 1.12 bits per heavy atom. The maximum absolute atomic E-state index is 15.0. The predicted molar refractivity (Wildman–Crippen MR) is 95.8 cm³/mol. The molecule has 26 heavy (non-hydrogen) atoms. The molecule has 0 amide bonds. The number of hydrogen-bond donors (Lipinski definition) is 0. The molecule has 0 aliphatic carbocycles. The number of benzene rings is 2. The van der Waals surface area contributed by atoms with Crippen LogP contribution >= 0.6 is 11.6 Å². The van der Waals surface area contributed by atoms with Gasteiger partial charge in [-0.15, -0.1) is 0 Å². The third kappa shape index (κ3) is 2.21. The van der Waals surface area contributed by atoms with Crippen LogP contribution in [0.25, 0.3) is 11.0 Å². The molecule has 0 atom stereocenters. The lowest BCUT2D eigenvalue weighted by Gasteiger charge is -2.37. The molecule has 134 valence electrons. The van der Waals surface area contributed by atoms with E-state index in [9.17, 15) is 13.2 Å². The van der Waals surface area contributed by atoms with Gasteiger partial charge in [-0.1, -0.05) is 11.6 Å². The van der Waals surface area contributed by atoms with Crippen LogP contribution in [0.15, 0.2) is 41.7 Å². The van der Waals surface area contributed by atoms with Crippen LogP contribution in [0.3, 0.4) is 0 Å². The summed E-state index contributed by atoms with van der Waals surface area (Å²) in [6.07, 6.45) is 1.48. The maximum Gasteiger partial charge on any atom is 0.298 e. The third-order valence-electron chi connectivity index (χ3n) is 4.85. The zero-order valence-corrected chi connectivity index (χ0v) is 15.1. The molecule has 3 aromatic rings. The van der Waals surface area contributed by atoms with Gasteiger partial charge >= 0.3 is 0 Å². The number of rotatable bonds is 0. The van der Waals surface area contributed by atoms with Gasteiger partial charge in [-0.3, -0.25) is 9.56 Å². The summed E-state index contributed by atoms with van der Waals surface area (Å²) in [5, 5.41) is 0.230. The molecule has 0 N–H and O–H groups in total. The van der Waals surface area contributed by atoms with Gasteiger partial charge in [-0.2, -0.15) is 8.78 Å². The molecule has 0 unspecified atom stereocenters. The smallest absolute Gasteiger partial charge is 0.283 e. The molecular formula is C19H15ClF3N3. The maximum atomic E-state index is 15.0. The van der Waals surface area contributed by atoms with E-state index in [1.54, 1.807) is 23.6 Å². The largest absolute Gasteiger partial charge is 0.298 e. The van der Waals surface area contributed by atoms with E-state index in [2.05, 4.69) is 9.98 Å². The summed E-state index contributed by atoms with van der Waals surface area (Å²) in [6, 6.07) is 7.26. The standard InChI is InChI=1S/C19H15ClF3N3/c1-10-14(21)6-7-15-16(10)24-9-26(15)17-12-5-4-11(20)8-13(12)19(22,23)18(2,3)25-17/h4-9H,1-3H3. The van der Waals surface area contributed by atoms with Crippen molar-refractivity contribution in [2.75, 3.05) is 0 Å². The molecule has 2 heterocycles. The van der Waals surface area contributed by atoms with Crippen molar-refractivity contribution in [1.82, 2.24) is 9.55 Å². The van der Waals surface area contributed by atoms with Crippen molar-refractivity contribution in [3.63, 3.8) is 0 Å². The van der Waals surface area contributed by atoms with Crippen LogP contribution in [0, 0.1) is 12.7 Å². The first-order valence-corrected chi connectivity index (χ1v) is 8.42. The van der Waals surface area contributed by atoms with E-state index in [-0.39, 0.29) is 22.0 Å². The Morgan fingerprint density at radius 3 is 2.58 bits per heavy atom. The SMILES string of the molecule is Cc1c(F)ccc2c1ncn2C1=NC(C)(C)C(F)(F)c2cc(Cl)ccc21. The number of aromatic nitrogens is 2. The lowest BCUT2D eigenvalue weighted by molar-refractivity contribution is -0.0684. The molecule has 1 aliphatic rings. The Kier molecular flexibility index (Phi) is 3.50. The number of aryl methyl sites for hydroxylation is 1. The van der Waals surface area contributed by atoms with E-state index >= 15 is 0 Å². The normalized spacial score (nSPS) is 17.9. The minimum atomic E-state index is -3.19. The lowest BCUT2D eigenvalue weighted by Crippen LogP contribution is -2.45. The molecule has 3 nitrogen and oxygen atoms in total. The van der Waals surface area contributed by atoms with Crippen molar-refractivity contribution in [3.8, 4) is 0 Å². The van der Waals surface area contributed by atoms with E-state index in [0.29, 0.717) is 22.4 Å². The van der Waals surface area contributed by atoms with Crippen molar-refractivity contribution in [2.45, 2.75) is 32.2 Å². The first-order valence-electron chi connectivity index (χ1n) is 8.04. The minimum Gasteiger partial charge on any atom is -0.283 e. The van der Waals surface area contributed by atoms with Crippen molar-refractivity contribution in [3.05, 3.63) is 64.2 Å². The van der Waals surface area contributed by atoms with Gasteiger partial charge in [0.25, 0.3) is 5.92 Å². The summed E-state index contributed by atoms with van der Waals surface area (Å²) in [5.41, 5.74) is -0.103. The van der Waals surface area contributed by atoms with Crippen molar-refractivity contribution in [1.29, 1.82) is 0 Å². The highest BCUT2D eigenvalue weighted by molar-refractivity contribution is 6.30. The fraction of sp³-hybridized carbons (Fsp3) is 0.263. The van der Waals surface area contributed by atoms with Crippen LogP contribution in [0.1, 0.15) is 30.5 Å². The Labute approximate surface area is 153 Å². The van der Waals surface area contributed by atoms with Crippen LogP contribution < -0.4 is 0 Å². The molecule has 2 aromatic carbocycles. The van der Waals surface area contributed by atoms with Gasteiger partial charge in [-0.05, 0) is 51.1 Å². The van der Waals surface area contributed by atoms with Crippen LogP contribution in [0.4, 0.5) is 13.2 Å². The lowest BCUT2D eigenvalue weighted by atomic mass is 9.84. The summed E-state index contributed by atoms with van der Waals surface area (Å²) in [7, 11) is 0. The van der Waals surface area contributed by atoms with E-state index in [4.69, 9.17) is 11.6 Å². The number of imidazole rings is 1. The van der Waals surface area contributed by atoms with E-state index in [0.717, 1.165) is 0 Å². The molecule has 0 spiro atoms. The van der Waals surface area contributed by atoms with Crippen LogP contribution in [0.2, 0.25) is 5.02 Å². The van der Waals surface area contributed by atoms with Gasteiger partial charge in [0.15, 0.2) is 0 Å².